The van der Waals surface area contributed by atoms with Crippen molar-refractivity contribution >= 4 is 35.3 Å². The summed E-state index contributed by atoms with van der Waals surface area (Å²) in [5, 5.41) is 37.5. The lowest BCUT2D eigenvalue weighted by Crippen LogP contribution is -2.29. The van der Waals surface area contributed by atoms with E-state index in [1.807, 2.05) is 65.8 Å². The third-order valence-electron chi connectivity index (χ3n) is 4.31. The van der Waals surface area contributed by atoms with Gasteiger partial charge in [0, 0.05) is 12.1 Å². The summed E-state index contributed by atoms with van der Waals surface area (Å²) < 4.78 is 0. The summed E-state index contributed by atoms with van der Waals surface area (Å²) in [5.41, 5.74) is 12.7. The van der Waals surface area contributed by atoms with Crippen LogP contribution in [0.1, 0.15) is 54.5 Å². The fourth-order valence-electron chi connectivity index (χ4n) is 2.47. The summed E-state index contributed by atoms with van der Waals surface area (Å²) in [7, 11) is -1.34. The molecule has 236 valence electrons. The number of nitro benzene ring substituents is 2. The van der Waals surface area contributed by atoms with Crippen LogP contribution in [0.3, 0.4) is 0 Å². The second-order valence-electron chi connectivity index (χ2n) is 7.07. The molecule has 0 aliphatic rings. The molecule has 0 radical (unpaired) electrons. The van der Waals surface area contributed by atoms with E-state index < -0.39 is 17.0 Å². The molecule has 0 saturated carbocycles. The highest BCUT2D eigenvalue weighted by atomic mass is 16.6. The quantitative estimate of drug-likeness (QED) is 0.0815. The van der Waals surface area contributed by atoms with Crippen molar-refractivity contribution in [2.75, 3.05) is 11.5 Å². The molecule has 0 aliphatic heterocycles. The minimum Gasteiger partial charge on any atom is -0.423 e. The summed E-state index contributed by atoms with van der Waals surface area (Å²) in [5.74, 6) is 0. The van der Waals surface area contributed by atoms with Crippen LogP contribution >= 0.6 is 0 Å². The molecule has 0 unspecified atom stereocenters. The van der Waals surface area contributed by atoms with Crippen molar-refractivity contribution in [2.45, 2.75) is 55.9 Å². The zero-order valence-electron chi connectivity index (χ0n) is 25.5. The fraction of sp³-hybridized carbons (Fsp3) is 0.250. The first kappa shape index (κ1) is 45.3. The minimum atomic E-state index is -1.34. The topological polar surface area (TPSA) is 179 Å². The molecule has 0 aliphatic carbocycles. The Morgan fingerprint density at radius 1 is 0.558 bits per heavy atom. The molecule has 0 amide bonds. The largest absolute Gasteiger partial charge is 0.488 e. The van der Waals surface area contributed by atoms with Crippen molar-refractivity contribution < 1.29 is 19.9 Å². The van der Waals surface area contributed by atoms with Crippen LogP contribution in [0.15, 0.2) is 109 Å². The molecule has 4 aromatic carbocycles. The number of hydrogen-bond donors (Lipinski definition) is 4. The van der Waals surface area contributed by atoms with Gasteiger partial charge in [-0.05, 0) is 24.5 Å². The van der Waals surface area contributed by atoms with E-state index in [2.05, 4.69) is 19.1 Å². The van der Waals surface area contributed by atoms with Gasteiger partial charge in [-0.25, -0.2) is 0 Å². The predicted octanol–water partition coefficient (Wildman–Crippen LogP) is 7.43. The number of nitrogens with zero attached hydrogens (tertiary/aromatic N) is 2. The lowest BCUT2D eigenvalue weighted by Gasteiger charge is -1.94. The minimum absolute atomic E-state index is 0. The van der Waals surface area contributed by atoms with Gasteiger partial charge in [0.25, 0.3) is 11.4 Å². The first-order valence-electron chi connectivity index (χ1n) is 13.5. The van der Waals surface area contributed by atoms with Gasteiger partial charge in [0.1, 0.15) is 11.4 Å². The fourth-order valence-corrected chi connectivity index (χ4v) is 2.47. The lowest BCUT2D eigenvalue weighted by molar-refractivity contribution is -0.384. The molecule has 4 rings (SSSR count). The molecule has 0 saturated heterocycles. The zero-order valence-corrected chi connectivity index (χ0v) is 25.5. The van der Waals surface area contributed by atoms with Crippen LogP contribution in [0.2, 0.25) is 0 Å². The van der Waals surface area contributed by atoms with Crippen LogP contribution in [-0.4, -0.2) is 27.0 Å². The van der Waals surface area contributed by atoms with E-state index in [4.69, 9.17) is 21.5 Å². The lowest BCUT2D eigenvalue weighted by atomic mass is 9.81. The third-order valence-corrected chi connectivity index (χ3v) is 4.31. The molecule has 6 N–H and O–H groups in total. The molecule has 43 heavy (non-hydrogen) atoms. The standard InChI is InChI=1S/C7H8.C6H7BO2.2C6H6N2O2.3C2H6.CH4/c1-7-5-3-2-4-6-7;8-7(9)6-4-2-1-3-5-6;2*7-5-3-1-2-4-6(5)8(9)10;3*1-2;/h2-6H,1H3;1-5,8-9H;2*1-4H,7H2;3*1-2H3;1H4. The number of nitro groups is 2. The van der Waals surface area contributed by atoms with Crippen molar-refractivity contribution in [3.05, 3.63) is 135 Å². The van der Waals surface area contributed by atoms with Gasteiger partial charge in [-0.15, -0.1) is 0 Å². The molecule has 11 heteroatoms. The number of nitrogens with two attached hydrogens (primary N) is 2. The van der Waals surface area contributed by atoms with E-state index in [0.29, 0.717) is 5.46 Å². The van der Waals surface area contributed by atoms with Crippen LogP contribution in [0.4, 0.5) is 22.7 Å². The summed E-state index contributed by atoms with van der Waals surface area (Å²) >= 11 is 0. The maximum Gasteiger partial charge on any atom is 0.488 e. The van der Waals surface area contributed by atoms with Gasteiger partial charge in [0.2, 0.25) is 0 Å². The number of rotatable bonds is 3. The molecule has 0 spiro atoms. The van der Waals surface area contributed by atoms with Gasteiger partial charge in [0.15, 0.2) is 0 Å². The molecule has 0 atom stereocenters. The highest BCUT2D eigenvalue weighted by Crippen LogP contribution is 2.19. The van der Waals surface area contributed by atoms with Crippen LogP contribution in [0.25, 0.3) is 0 Å². The smallest absolute Gasteiger partial charge is 0.423 e. The zero-order chi connectivity index (χ0) is 32.9. The normalized spacial score (nSPS) is 8.02. The van der Waals surface area contributed by atoms with Gasteiger partial charge >= 0.3 is 7.12 Å². The van der Waals surface area contributed by atoms with Crippen molar-refractivity contribution in [3.8, 4) is 0 Å². The van der Waals surface area contributed by atoms with Crippen molar-refractivity contribution in [3.63, 3.8) is 0 Å². The Morgan fingerprint density at radius 3 is 1.02 bits per heavy atom. The summed E-state index contributed by atoms with van der Waals surface area (Å²) in [6.45, 7) is 14.1. The molecular formula is C32H49BN4O6. The van der Waals surface area contributed by atoms with E-state index in [1.54, 1.807) is 48.5 Å². The number of anilines is 2. The average molecular weight is 597 g/mol. The van der Waals surface area contributed by atoms with Crippen LogP contribution in [0, 0.1) is 27.2 Å². The van der Waals surface area contributed by atoms with Gasteiger partial charge in [0.05, 0.1) is 9.85 Å². The second kappa shape index (κ2) is 30.2. The SMILES string of the molecule is C.CC.CC.CC.Cc1ccccc1.Nc1ccccc1[N+](=O)[O-].Nc1ccccc1[N+](=O)[O-].OB(O)c1ccccc1. The molecular weight excluding hydrogens is 547 g/mol. The van der Waals surface area contributed by atoms with Crippen molar-refractivity contribution in [2.24, 2.45) is 0 Å². The number of aryl methyl sites for hydroxylation is 1. The Labute approximate surface area is 257 Å². The summed E-state index contributed by atoms with van der Waals surface area (Å²) in [4.78, 5) is 19.3. The van der Waals surface area contributed by atoms with E-state index in [9.17, 15) is 20.2 Å². The van der Waals surface area contributed by atoms with Gasteiger partial charge in [-0.3, -0.25) is 20.2 Å². The molecule has 10 nitrogen and oxygen atoms in total. The van der Waals surface area contributed by atoms with Crippen molar-refractivity contribution in [1.82, 2.24) is 0 Å². The molecule has 0 bridgehead atoms. The molecule has 0 fully saturated rings. The number of hydrogen-bond acceptors (Lipinski definition) is 8. The molecule has 0 heterocycles. The van der Waals surface area contributed by atoms with Gasteiger partial charge in [-0.2, -0.15) is 0 Å². The monoisotopic (exact) mass is 596 g/mol. The molecule has 4 aromatic rings. The Bertz CT molecular complexity index is 1160. The van der Waals surface area contributed by atoms with Crippen LogP contribution < -0.4 is 16.9 Å². The Balaban J connectivity index is -0.000000222. The van der Waals surface area contributed by atoms with Crippen molar-refractivity contribution in [1.29, 1.82) is 0 Å². The van der Waals surface area contributed by atoms with E-state index in [-0.39, 0.29) is 30.2 Å². The van der Waals surface area contributed by atoms with Gasteiger partial charge < -0.3 is 21.5 Å². The maximum atomic E-state index is 10.1. The Kier molecular flexibility index (Phi) is 31.8. The maximum absolute atomic E-state index is 10.1. The first-order chi connectivity index (χ1) is 20.1. The van der Waals surface area contributed by atoms with E-state index in [0.717, 1.165) is 0 Å². The highest BCUT2D eigenvalue weighted by Gasteiger charge is 2.08. The van der Waals surface area contributed by atoms with Gasteiger partial charge in [-0.1, -0.05) is 139 Å². The predicted molar refractivity (Wildman–Crippen MR) is 183 cm³/mol. The van der Waals surface area contributed by atoms with E-state index in [1.165, 1.54) is 29.8 Å². The third kappa shape index (κ3) is 22.6. The van der Waals surface area contributed by atoms with E-state index >= 15 is 0 Å². The Morgan fingerprint density at radius 2 is 0.837 bits per heavy atom. The summed E-state index contributed by atoms with van der Waals surface area (Å²) in [6.07, 6.45) is 0. The second-order valence-corrected chi connectivity index (χ2v) is 7.07. The Hall–Kier alpha value is -4.74. The summed E-state index contributed by atoms with van der Waals surface area (Å²) in [6, 6.07) is 31.1. The van der Waals surface area contributed by atoms with Crippen LogP contribution in [-0.2, 0) is 0 Å². The average Bonchev–Trinajstić information content (AvgIpc) is 3.02. The number of nitrogen functional groups attached to an aromatic ring is 2. The first-order valence-corrected chi connectivity index (χ1v) is 13.5. The molecule has 0 aromatic heterocycles. The number of para-hydroxylation sites is 4. The highest BCUT2D eigenvalue weighted by molar-refractivity contribution is 6.58. The number of benzene rings is 4. The van der Waals surface area contributed by atoms with Crippen LogP contribution in [0.5, 0.6) is 0 Å².